The SMILES string of the molecule is COc1cc(N=Nc2c(S(=O)(=O)O)cc3ccc(N=Nc4c(C(=O)O)nn(-c5ccc(S(=O)(=O)O)cc5)c4O)cc3c2O)c(O)cc1S(=O)(=O)CCCl. The van der Waals surface area contributed by atoms with Gasteiger partial charge in [-0.2, -0.15) is 31.7 Å². The number of hydrogen-bond acceptors (Lipinski definition) is 16. The number of carbonyl (C=O) groups is 1. The fourth-order valence-electron chi connectivity index (χ4n) is 4.71. The first kappa shape index (κ1) is 38.5. The van der Waals surface area contributed by atoms with Gasteiger partial charge in [0.25, 0.3) is 20.2 Å². The Hall–Kier alpha value is -5.72. The normalized spacial score (nSPS) is 12.6. The number of phenols is 2. The van der Waals surface area contributed by atoms with Gasteiger partial charge < -0.3 is 25.2 Å². The summed E-state index contributed by atoms with van der Waals surface area (Å²) >= 11 is 5.57. The Morgan fingerprint density at radius 3 is 2.08 bits per heavy atom. The number of rotatable bonds is 12. The molecule has 0 saturated heterocycles. The van der Waals surface area contributed by atoms with E-state index in [2.05, 4.69) is 25.6 Å². The third-order valence-electron chi connectivity index (χ3n) is 7.20. The smallest absolute Gasteiger partial charge is 0.358 e. The molecule has 0 radical (unpaired) electrons. The Morgan fingerprint density at radius 1 is 0.830 bits per heavy atom. The van der Waals surface area contributed by atoms with Gasteiger partial charge in [-0.1, -0.05) is 6.07 Å². The number of benzene rings is 4. The molecule has 5 aromatic rings. The van der Waals surface area contributed by atoms with E-state index in [-0.39, 0.29) is 33.8 Å². The highest BCUT2D eigenvalue weighted by Crippen LogP contribution is 2.44. The third-order valence-corrected chi connectivity index (χ3v) is 11.1. The van der Waals surface area contributed by atoms with Crippen LogP contribution in [-0.2, 0) is 30.1 Å². The van der Waals surface area contributed by atoms with Crippen molar-refractivity contribution < 1.29 is 64.3 Å². The molecule has 0 fully saturated rings. The molecule has 53 heavy (non-hydrogen) atoms. The van der Waals surface area contributed by atoms with E-state index in [9.17, 15) is 59.6 Å². The van der Waals surface area contributed by atoms with Crippen LogP contribution in [0, 0.1) is 0 Å². The number of hydrogen-bond donors (Lipinski definition) is 6. The van der Waals surface area contributed by atoms with Crippen molar-refractivity contribution in [2.24, 2.45) is 20.5 Å². The molecule has 4 aromatic carbocycles. The molecule has 0 bridgehead atoms. The number of halogens is 1. The summed E-state index contributed by atoms with van der Waals surface area (Å²) in [5, 5.41) is 60.9. The summed E-state index contributed by atoms with van der Waals surface area (Å²) in [6, 6.07) is 10.5. The lowest BCUT2D eigenvalue weighted by Gasteiger charge is -2.11. The van der Waals surface area contributed by atoms with Gasteiger partial charge in [0.15, 0.2) is 21.3 Å². The Kier molecular flexibility index (Phi) is 10.4. The zero-order valence-electron chi connectivity index (χ0n) is 26.4. The second-order valence-electron chi connectivity index (χ2n) is 10.6. The number of alkyl halides is 1. The van der Waals surface area contributed by atoms with Crippen LogP contribution in [0.5, 0.6) is 23.1 Å². The van der Waals surface area contributed by atoms with Gasteiger partial charge >= 0.3 is 5.97 Å². The largest absolute Gasteiger partial charge is 0.506 e. The minimum Gasteiger partial charge on any atom is -0.506 e. The molecule has 0 aliphatic carbocycles. The predicted octanol–water partition coefficient (Wildman–Crippen LogP) is 5.19. The van der Waals surface area contributed by atoms with E-state index in [1.54, 1.807) is 0 Å². The van der Waals surface area contributed by atoms with E-state index in [0.717, 1.165) is 55.6 Å². The quantitative estimate of drug-likeness (QED) is 0.0537. The minimum atomic E-state index is -5.08. The number of carboxylic acid groups (broad SMARTS) is 1. The summed E-state index contributed by atoms with van der Waals surface area (Å²) in [6.07, 6.45) is 0. The fourth-order valence-corrected chi connectivity index (χ4v) is 7.62. The van der Waals surface area contributed by atoms with E-state index < -0.39 is 96.6 Å². The van der Waals surface area contributed by atoms with Gasteiger partial charge in [0.05, 0.1) is 29.1 Å². The molecule has 1 heterocycles. The van der Waals surface area contributed by atoms with Crippen molar-refractivity contribution in [3.63, 3.8) is 0 Å². The van der Waals surface area contributed by atoms with Crippen molar-refractivity contribution >= 4 is 81.2 Å². The first-order valence-corrected chi connectivity index (χ1v) is 19.3. The van der Waals surface area contributed by atoms with Crippen LogP contribution in [0.1, 0.15) is 10.5 Å². The molecule has 278 valence electrons. The number of aromatic nitrogens is 2. The van der Waals surface area contributed by atoms with Crippen LogP contribution in [0.25, 0.3) is 16.5 Å². The fraction of sp³-hybridized carbons (Fsp3) is 0.103. The molecule has 0 amide bonds. The highest BCUT2D eigenvalue weighted by molar-refractivity contribution is 7.91. The molecule has 0 atom stereocenters. The van der Waals surface area contributed by atoms with Gasteiger partial charge in [-0.05, 0) is 47.9 Å². The van der Waals surface area contributed by atoms with Crippen molar-refractivity contribution in [3.05, 3.63) is 66.4 Å². The van der Waals surface area contributed by atoms with Crippen LogP contribution in [0.15, 0.2) is 95.8 Å². The first-order valence-electron chi connectivity index (χ1n) is 14.2. The third kappa shape index (κ3) is 7.88. The van der Waals surface area contributed by atoms with Gasteiger partial charge in [0.1, 0.15) is 32.7 Å². The topological polar surface area (TPSA) is 317 Å². The maximum absolute atomic E-state index is 12.6. The number of sulfone groups is 1. The Labute approximate surface area is 303 Å². The molecule has 0 aliphatic rings. The molecule has 0 unspecified atom stereocenters. The van der Waals surface area contributed by atoms with Crippen LogP contribution < -0.4 is 4.74 Å². The number of nitrogens with zero attached hydrogens (tertiary/aromatic N) is 6. The number of phenolic OH excluding ortho intramolecular Hbond substituents is 2. The Morgan fingerprint density at radius 2 is 1.49 bits per heavy atom. The lowest BCUT2D eigenvalue weighted by Crippen LogP contribution is -2.09. The highest BCUT2D eigenvalue weighted by Gasteiger charge is 2.26. The van der Waals surface area contributed by atoms with Crippen molar-refractivity contribution in [1.82, 2.24) is 9.78 Å². The molecule has 24 heteroatoms. The average Bonchev–Trinajstić information content (AvgIpc) is 3.42. The first-order chi connectivity index (χ1) is 24.8. The summed E-state index contributed by atoms with van der Waals surface area (Å²) in [5.41, 5.74) is -2.80. The maximum Gasteiger partial charge on any atom is 0.358 e. The van der Waals surface area contributed by atoms with Crippen molar-refractivity contribution in [2.75, 3.05) is 18.7 Å². The Balaban J connectivity index is 1.58. The summed E-state index contributed by atoms with van der Waals surface area (Å²) in [4.78, 5) is 10.1. The van der Waals surface area contributed by atoms with E-state index in [1.807, 2.05) is 0 Å². The van der Waals surface area contributed by atoms with E-state index in [4.69, 9.17) is 16.3 Å². The zero-order chi connectivity index (χ0) is 39.0. The molecule has 5 rings (SSSR count). The maximum atomic E-state index is 12.6. The number of fused-ring (bicyclic) bond motifs is 1. The predicted molar refractivity (Wildman–Crippen MR) is 183 cm³/mol. The molecule has 6 N–H and O–H groups in total. The summed E-state index contributed by atoms with van der Waals surface area (Å²) < 4.78 is 97.4. The van der Waals surface area contributed by atoms with Gasteiger partial charge in [-0.25, -0.2) is 13.2 Å². The van der Waals surface area contributed by atoms with Gasteiger partial charge in [0, 0.05) is 23.4 Å². The molecule has 0 saturated carbocycles. The number of aromatic carboxylic acids is 1. The van der Waals surface area contributed by atoms with Crippen LogP contribution in [-0.4, -0.2) is 89.3 Å². The van der Waals surface area contributed by atoms with Crippen LogP contribution in [0.2, 0.25) is 0 Å². The molecular formula is C29H23ClN6O14S3. The number of aromatic hydroxyl groups is 3. The van der Waals surface area contributed by atoms with E-state index in [1.165, 1.54) is 12.1 Å². The van der Waals surface area contributed by atoms with Gasteiger partial charge in [0.2, 0.25) is 11.6 Å². The standard InChI is InChI=1S/C29H23ClN6O14S3/c1-50-21-12-19(20(37)13-22(21)51(42,43)9-8-30)32-33-24-23(53(47,48)49)10-14-2-3-15(11-18(14)27(24)38)31-34-25-26(29(40)41)35-36(28(25)39)16-4-6-17(7-5-16)52(44,45)46/h2-7,10-13,37-39H,8-9H2,1H3,(H,40,41)(H,44,45,46)(H,47,48,49). The summed E-state index contributed by atoms with van der Waals surface area (Å²) in [6.45, 7) is 0. The van der Waals surface area contributed by atoms with Crippen molar-refractivity contribution in [2.45, 2.75) is 14.7 Å². The van der Waals surface area contributed by atoms with E-state index in [0.29, 0.717) is 4.68 Å². The molecule has 20 nitrogen and oxygen atoms in total. The molecule has 0 spiro atoms. The number of azo groups is 2. The average molecular weight is 811 g/mol. The zero-order valence-corrected chi connectivity index (χ0v) is 29.6. The molecule has 1 aromatic heterocycles. The van der Waals surface area contributed by atoms with Crippen LogP contribution >= 0.6 is 11.6 Å². The second kappa shape index (κ2) is 14.4. The Bertz CT molecular complexity index is 2700. The summed E-state index contributed by atoms with van der Waals surface area (Å²) in [7, 11) is -12.5. The number of ether oxygens (including phenoxy) is 1. The minimum absolute atomic E-state index is 0.0154. The monoisotopic (exact) mass is 810 g/mol. The lowest BCUT2D eigenvalue weighted by molar-refractivity contribution is 0.0690. The van der Waals surface area contributed by atoms with Gasteiger partial charge in [-0.3, -0.25) is 9.11 Å². The van der Waals surface area contributed by atoms with Crippen LogP contribution in [0.4, 0.5) is 22.7 Å². The number of carboxylic acids is 1. The molecular weight excluding hydrogens is 788 g/mol. The van der Waals surface area contributed by atoms with Crippen molar-refractivity contribution in [3.8, 4) is 28.8 Å². The van der Waals surface area contributed by atoms with Gasteiger partial charge in [-0.15, -0.1) is 26.9 Å². The van der Waals surface area contributed by atoms with Crippen LogP contribution in [0.3, 0.4) is 0 Å². The lowest BCUT2D eigenvalue weighted by atomic mass is 10.1. The highest BCUT2D eigenvalue weighted by atomic mass is 35.5. The second-order valence-corrected chi connectivity index (χ2v) is 15.8. The molecule has 0 aliphatic heterocycles. The number of methoxy groups -OCH3 is 1. The summed E-state index contributed by atoms with van der Waals surface area (Å²) in [5.74, 6) is -5.10. The van der Waals surface area contributed by atoms with E-state index >= 15 is 0 Å². The van der Waals surface area contributed by atoms with Crippen molar-refractivity contribution in [1.29, 1.82) is 0 Å².